The lowest BCUT2D eigenvalue weighted by molar-refractivity contribution is -0.132. The minimum Gasteiger partial charge on any atom is -0.336 e. The molecule has 1 amide bonds. The number of rotatable bonds is 7. The van der Waals surface area contributed by atoms with E-state index < -0.39 is 0 Å². The first-order valence-corrected chi connectivity index (χ1v) is 6.79. The van der Waals surface area contributed by atoms with Gasteiger partial charge in [0.2, 0.25) is 5.91 Å². The van der Waals surface area contributed by atoms with Crippen molar-refractivity contribution in [1.82, 2.24) is 10.2 Å². The van der Waals surface area contributed by atoms with E-state index in [0.717, 1.165) is 19.4 Å². The molecular weight excluding hydrogens is 212 g/mol. The van der Waals surface area contributed by atoms with E-state index in [4.69, 9.17) is 0 Å². The van der Waals surface area contributed by atoms with Crippen molar-refractivity contribution in [3.63, 3.8) is 0 Å². The largest absolute Gasteiger partial charge is 0.336 e. The van der Waals surface area contributed by atoms with E-state index >= 15 is 0 Å². The molecule has 17 heavy (non-hydrogen) atoms. The molecule has 0 saturated heterocycles. The molecule has 0 aromatic rings. The second kappa shape index (κ2) is 7.49. The third-order valence-corrected chi connectivity index (χ3v) is 3.30. The van der Waals surface area contributed by atoms with E-state index in [9.17, 15) is 4.79 Å². The van der Waals surface area contributed by atoms with Gasteiger partial charge in [-0.05, 0) is 12.8 Å². The van der Waals surface area contributed by atoms with E-state index in [2.05, 4.69) is 25.7 Å². The van der Waals surface area contributed by atoms with Gasteiger partial charge < -0.3 is 10.2 Å². The molecule has 0 spiro atoms. The number of hydrogen-bond acceptors (Lipinski definition) is 2. The molecule has 0 radical (unpaired) electrons. The Morgan fingerprint density at radius 2 is 2.12 bits per heavy atom. The fourth-order valence-electron chi connectivity index (χ4n) is 2.42. The first kappa shape index (κ1) is 14.2. The van der Waals surface area contributed by atoms with Crippen molar-refractivity contribution in [2.75, 3.05) is 13.1 Å². The van der Waals surface area contributed by atoms with Crippen LogP contribution in [-0.2, 0) is 4.79 Å². The highest BCUT2D eigenvalue weighted by Crippen LogP contribution is 2.23. The molecule has 1 rings (SSSR count). The van der Waals surface area contributed by atoms with Gasteiger partial charge in [0.1, 0.15) is 0 Å². The van der Waals surface area contributed by atoms with Crippen molar-refractivity contribution >= 4 is 5.91 Å². The maximum Gasteiger partial charge on any atom is 0.224 e. The van der Waals surface area contributed by atoms with Crippen molar-refractivity contribution in [2.45, 2.75) is 58.0 Å². The lowest BCUT2D eigenvalue weighted by atomic mass is 10.2. The molecule has 0 aliphatic heterocycles. The topological polar surface area (TPSA) is 32.3 Å². The summed E-state index contributed by atoms with van der Waals surface area (Å²) in [5.41, 5.74) is 0. The van der Waals surface area contributed by atoms with Gasteiger partial charge in [0.25, 0.3) is 0 Å². The highest BCUT2D eigenvalue weighted by atomic mass is 16.2. The van der Waals surface area contributed by atoms with Crippen LogP contribution in [0.25, 0.3) is 0 Å². The molecule has 1 fully saturated rings. The average molecular weight is 238 g/mol. The van der Waals surface area contributed by atoms with Gasteiger partial charge in [-0.1, -0.05) is 32.8 Å². The Morgan fingerprint density at radius 3 is 2.65 bits per heavy atom. The van der Waals surface area contributed by atoms with Crippen LogP contribution in [-0.4, -0.2) is 36.0 Å². The molecule has 0 heterocycles. The van der Waals surface area contributed by atoms with Crippen LogP contribution in [0.2, 0.25) is 0 Å². The summed E-state index contributed by atoms with van der Waals surface area (Å²) in [6.45, 7) is 9.43. The molecule has 98 valence electrons. The van der Waals surface area contributed by atoms with Gasteiger partial charge >= 0.3 is 0 Å². The summed E-state index contributed by atoms with van der Waals surface area (Å²) in [5, 5.41) is 3.29. The minimum absolute atomic E-state index is 0.268. The Morgan fingerprint density at radius 1 is 1.47 bits per heavy atom. The van der Waals surface area contributed by atoms with Gasteiger partial charge in [0.15, 0.2) is 0 Å². The number of hydrogen-bond donors (Lipinski definition) is 1. The summed E-state index contributed by atoms with van der Waals surface area (Å²) in [6.07, 6.45) is 7.29. The lowest BCUT2D eigenvalue weighted by Gasteiger charge is -2.28. The number of amides is 1. The molecule has 0 bridgehead atoms. The van der Waals surface area contributed by atoms with Crippen molar-refractivity contribution < 1.29 is 4.79 Å². The molecule has 0 aromatic carbocycles. The molecule has 1 aliphatic carbocycles. The number of carbonyl (C=O) groups excluding carboxylic acids is 1. The van der Waals surface area contributed by atoms with Crippen LogP contribution < -0.4 is 5.32 Å². The fraction of sp³-hybridized carbons (Fsp3) is 0.786. The van der Waals surface area contributed by atoms with Crippen LogP contribution in [0.1, 0.15) is 46.0 Å². The SMILES string of the molecule is C=CCN(C(=O)CCNC(C)C)C1CCCC1. The molecule has 0 aromatic heterocycles. The summed E-state index contributed by atoms with van der Waals surface area (Å²) in [4.78, 5) is 14.2. The van der Waals surface area contributed by atoms with Crippen LogP contribution in [0.3, 0.4) is 0 Å². The van der Waals surface area contributed by atoms with Crippen LogP contribution in [0.4, 0.5) is 0 Å². The molecule has 1 saturated carbocycles. The summed E-state index contributed by atoms with van der Waals surface area (Å²) >= 11 is 0. The fourth-order valence-corrected chi connectivity index (χ4v) is 2.42. The van der Waals surface area contributed by atoms with Crippen molar-refractivity contribution in [3.8, 4) is 0 Å². The maximum atomic E-state index is 12.1. The van der Waals surface area contributed by atoms with E-state index in [1.807, 2.05) is 11.0 Å². The van der Waals surface area contributed by atoms with E-state index in [-0.39, 0.29) is 5.91 Å². The normalized spacial score (nSPS) is 16.4. The zero-order chi connectivity index (χ0) is 12.7. The third-order valence-electron chi connectivity index (χ3n) is 3.30. The summed E-state index contributed by atoms with van der Waals surface area (Å²) in [7, 11) is 0. The van der Waals surface area contributed by atoms with Gasteiger partial charge in [-0.25, -0.2) is 0 Å². The lowest BCUT2D eigenvalue weighted by Crippen LogP contribution is -2.40. The molecule has 1 aliphatic rings. The van der Waals surface area contributed by atoms with Gasteiger partial charge in [-0.2, -0.15) is 0 Å². The van der Waals surface area contributed by atoms with Gasteiger partial charge in [0, 0.05) is 31.6 Å². The van der Waals surface area contributed by atoms with E-state index in [1.54, 1.807) is 0 Å². The minimum atomic E-state index is 0.268. The van der Waals surface area contributed by atoms with Gasteiger partial charge in [-0.15, -0.1) is 6.58 Å². The highest BCUT2D eigenvalue weighted by Gasteiger charge is 2.25. The molecule has 3 heteroatoms. The predicted molar refractivity (Wildman–Crippen MR) is 71.9 cm³/mol. The maximum absolute atomic E-state index is 12.1. The summed E-state index contributed by atoms with van der Waals surface area (Å²) < 4.78 is 0. The van der Waals surface area contributed by atoms with Crippen molar-refractivity contribution in [1.29, 1.82) is 0 Å². The van der Waals surface area contributed by atoms with Crippen molar-refractivity contribution in [3.05, 3.63) is 12.7 Å². The van der Waals surface area contributed by atoms with E-state index in [0.29, 0.717) is 25.0 Å². The monoisotopic (exact) mass is 238 g/mol. The molecule has 1 N–H and O–H groups in total. The van der Waals surface area contributed by atoms with Gasteiger partial charge in [-0.3, -0.25) is 4.79 Å². The summed E-state index contributed by atoms with van der Waals surface area (Å²) in [5.74, 6) is 0.268. The third kappa shape index (κ3) is 4.90. The van der Waals surface area contributed by atoms with Crippen LogP contribution in [0.15, 0.2) is 12.7 Å². The second-order valence-corrected chi connectivity index (χ2v) is 5.13. The molecule has 3 nitrogen and oxygen atoms in total. The van der Waals surface area contributed by atoms with Crippen molar-refractivity contribution in [2.24, 2.45) is 0 Å². The Kier molecular flexibility index (Phi) is 6.27. The highest BCUT2D eigenvalue weighted by molar-refractivity contribution is 5.77. The summed E-state index contributed by atoms with van der Waals surface area (Å²) in [6, 6.07) is 0.904. The van der Waals surface area contributed by atoms with E-state index in [1.165, 1.54) is 12.8 Å². The quantitative estimate of drug-likeness (QED) is 0.690. The Balaban J connectivity index is 2.39. The zero-order valence-corrected chi connectivity index (χ0v) is 11.2. The predicted octanol–water partition coefficient (Wildman–Crippen LogP) is 2.33. The Bertz CT molecular complexity index is 245. The van der Waals surface area contributed by atoms with Crippen LogP contribution in [0.5, 0.6) is 0 Å². The van der Waals surface area contributed by atoms with Crippen LogP contribution in [0, 0.1) is 0 Å². The smallest absolute Gasteiger partial charge is 0.224 e. The number of nitrogens with zero attached hydrogens (tertiary/aromatic N) is 1. The number of nitrogens with one attached hydrogen (secondary N) is 1. The average Bonchev–Trinajstić information content (AvgIpc) is 2.78. The van der Waals surface area contributed by atoms with Gasteiger partial charge in [0.05, 0.1) is 0 Å². The molecule has 0 atom stereocenters. The Hall–Kier alpha value is -0.830. The molecular formula is C14H26N2O. The Labute approximate surface area is 105 Å². The number of carbonyl (C=O) groups is 1. The van der Waals surface area contributed by atoms with Crippen LogP contribution >= 0.6 is 0 Å². The second-order valence-electron chi connectivity index (χ2n) is 5.13. The first-order chi connectivity index (χ1) is 8.15. The standard InChI is InChI=1S/C14H26N2O/c1-4-11-16(13-7-5-6-8-13)14(17)9-10-15-12(2)3/h4,12-13,15H,1,5-11H2,2-3H3. The zero-order valence-electron chi connectivity index (χ0n) is 11.2. The molecule has 0 unspecified atom stereocenters. The first-order valence-electron chi connectivity index (χ1n) is 6.79.